The van der Waals surface area contributed by atoms with Crippen molar-refractivity contribution >= 4 is 11.9 Å². The van der Waals surface area contributed by atoms with Gasteiger partial charge in [0.15, 0.2) is 0 Å². The topological polar surface area (TPSA) is 55.4 Å². The number of benzene rings is 1. The molecule has 3 fully saturated rings. The molecule has 18 heavy (non-hydrogen) atoms. The van der Waals surface area contributed by atoms with E-state index in [-0.39, 0.29) is 17.4 Å². The Morgan fingerprint density at radius 1 is 1.17 bits per heavy atom. The van der Waals surface area contributed by atoms with Crippen LogP contribution in [0.15, 0.2) is 24.3 Å². The Labute approximate surface area is 105 Å². The normalized spacial score (nSPS) is 27.7. The van der Waals surface area contributed by atoms with E-state index >= 15 is 0 Å². The monoisotopic (exact) mass is 245 g/mol. The molecule has 0 atom stereocenters. The number of hydrogen-bond acceptors (Lipinski definition) is 3. The van der Waals surface area contributed by atoms with Gasteiger partial charge in [-0.3, -0.25) is 4.79 Å². The zero-order valence-corrected chi connectivity index (χ0v) is 10.2. The Morgan fingerprint density at radius 2 is 1.72 bits per heavy atom. The Bertz CT molecular complexity index is 489. The molecule has 0 radical (unpaired) electrons. The van der Waals surface area contributed by atoms with E-state index < -0.39 is 0 Å². The summed E-state index contributed by atoms with van der Waals surface area (Å²) >= 11 is 0. The summed E-state index contributed by atoms with van der Waals surface area (Å²) in [6.07, 6.45) is 3.37. The molecule has 3 saturated carbocycles. The predicted octanol–water partition coefficient (Wildman–Crippen LogP) is 1.76. The molecule has 3 aliphatic rings. The number of ether oxygens (including phenoxy) is 1. The summed E-state index contributed by atoms with van der Waals surface area (Å²) in [7, 11) is 1.34. The van der Waals surface area contributed by atoms with Crippen molar-refractivity contribution in [2.75, 3.05) is 7.11 Å². The van der Waals surface area contributed by atoms with Gasteiger partial charge in [0.1, 0.15) is 0 Å². The van der Waals surface area contributed by atoms with Gasteiger partial charge in [0.2, 0.25) is 0 Å². The zero-order chi connectivity index (χ0) is 12.8. The third-order valence-corrected chi connectivity index (χ3v) is 3.99. The number of carbonyl (C=O) groups is 2. The first-order valence-electron chi connectivity index (χ1n) is 6.13. The quantitative estimate of drug-likeness (QED) is 0.825. The molecule has 4 rings (SSSR count). The van der Waals surface area contributed by atoms with Gasteiger partial charge < -0.3 is 10.1 Å². The maximum absolute atomic E-state index is 12.0. The molecule has 0 aliphatic heterocycles. The van der Waals surface area contributed by atoms with Crippen molar-refractivity contribution in [3.63, 3.8) is 0 Å². The highest BCUT2D eigenvalue weighted by Crippen LogP contribution is 2.56. The van der Waals surface area contributed by atoms with Gasteiger partial charge in [-0.1, -0.05) is 0 Å². The third-order valence-electron chi connectivity index (χ3n) is 3.99. The van der Waals surface area contributed by atoms with Gasteiger partial charge in [-0.05, 0) is 49.4 Å². The van der Waals surface area contributed by atoms with Crippen molar-refractivity contribution < 1.29 is 14.3 Å². The molecule has 0 heterocycles. The molecule has 2 bridgehead atoms. The molecule has 1 aromatic carbocycles. The van der Waals surface area contributed by atoms with Gasteiger partial charge in [0.05, 0.1) is 12.7 Å². The summed E-state index contributed by atoms with van der Waals surface area (Å²) in [5.41, 5.74) is 1.13. The van der Waals surface area contributed by atoms with Crippen LogP contribution >= 0.6 is 0 Å². The van der Waals surface area contributed by atoms with Crippen molar-refractivity contribution in [3.8, 4) is 0 Å². The SMILES string of the molecule is COC(=O)c1ccc(C(=O)NC23CC(C2)C3)cc1. The molecule has 0 unspecified atom stereocenters. The van der Waals surface area contributed by atoms with Crippen LogP contribution in [-0.2, 0) is 4.74 Å². The van der Waals surface area contributed by atoms with Gasteiger partial charge in [0, 0.05) is 11.1 Å². The smallest absolute Gasteiger partial charge is 0.337 e. The van der Waals surface area contributed by atoms with Crippen LogP contribution in [-0.4, -0.2) is 24.5 Å². The largest absolute Gasteiger partial charge is 0.465 e. The number of nitrogens with one attached hydrogen (secondary N) is 1. The van der Waals surface area contributed by atoms with E-state index in [0.29, 0.717) is 11.1 Å². The van der Waals surface area contributed by atoms with Crippen LogP contribution in [0.4, 0.5) is 0 Å². The minimum Gasteiger partial charge on any atom is -0.465 e. The fourth-order valence-electron chi connectivity index (χ4n) is 2.82. The number of rotatable bonds is 3. The summed E-state index contributed by atoms with van der Waals surface area (Å²) < 4.78 is 4.61. The Kier molecular flexibility index (Phi) is 2.40. The molecule has 0 saturated heterocycles. The van der Waals surface area contributed by atoms with Crippen molar-refractivity contribution in [1.82, 2.24) is 5.32 Å². The van der Waals surface area contributed by atoms with E-state index in [4.69, 9.17) is 0 Å². The Hall–Kier alpha value is -1.84. The number of hydrogen-bond donors (Lipinski definition) is 1. The molecule has 3 aliphatic carbocycles. The Balaban J connectivity index is 1.68. The molecule has 0 spiro atoms. The Morgan fingerprint density at radius 3 is 2.17 bits per heavy atom. The first kappa shape index (κ1) is 11.3. The second-order valence-electron chi connectivity index (χ2n) is 5.28. The number of methoxy groups -OCH3 is 1. The molecule has 94 valence electrons. The second-order valence-corrected chi connectivity index (χ2v) is 5.28. The first-order valence-corrected chi connectivity index (χ1v) is 6.13. The van der Waals surface area contributed by atoms with Crippen molar-refractivity contribution in [3.05, 3.63) is 35.4 Å². The van der Waals surface area contributed by atoms with Gasteiger partial charge >= 0.3 is 5.97 Å². The van der Waals surface area contributed by atoms with Crippen LogP contribution in [0, 0.1) is 5.92 Å². The van der Waals surface area contributed by atoms with Crippen molar-refractivity contribution in [2.45, 2.75) is 24.8 Å². The van der Waals surface area contributed by atoms with E-state index in [1.54, 1.807) is 24.3 Å². The van der Waals surface area contributed by atoms with Crippen LogP contribution in [0.1, 0.15) is 40.0 Å². The van der Waals surface area contributed by atoms with Gasteiger partial charge in [-0.15, -0.1) is 0 Å². The number of amides is 1. The molecule has 4 nitrogen and oxygen atoms in total. The lowest BCUT2D eigenvalue weighted by atomic mass is 9.50. The average molecular weight is 245 g/mol. The molecule has 1 amide bonds. The molecule has 4 heteroatoms. The van der Waals surface area contributed by atoms with E-state index in [0.717, 1.165) is 25.2 Å². The number of carbonyl (C=O) groups excluding carboxylic acids is 2. The number of esters is 1. The lowest BCUT2D eigenvalue weighted by molar-refractivity contribution is -0.0438. The second kappa shape index (κ2) is 3.83. The van der Waals surface area contributed by atoms with Crippen LogP contribution in [0.5, 0.6) is 0 Å². The summed E-state index contributed by atoms with van der Waals surface area (Å²) in [5, 5.41) is 3.08. The van der Waals surface area contributed by atoms with Crippen LogP contribution in [0.2, 0.25) is 0 Å². The fraction of sp³-hybridized carbons (Fsp3) is 0.429. The maximum Gasteiger partial charge on any atom is 0.337 e. The third kappa shape index (κ3) is 1.68. The molecule has 1 aromatic rings. The molecule has 1 N–H and O–H groups in total. The first-order chi connectivity index (χ1) is 8.62. The van der Waals surface area contributed by atoms with E-state index in [2.05, 4.69) is 10.1 Å². The van der Waals surface area contributed by atoms with E-state index in [1.807, 2.05) is 0 Å². The van der Waals surface area contributed by atoms with Gasteiger partial charge in [0.25, 0.3) is 5.91 Å². The summed E-state index contributed by atoms with van der Waals surface area (Å²) in [6.45, 7) is 0. The van der Waals surface area contributed by atoms with E-state index in [9.17, 15) is 9.59 Å². The lowest BCUT2D eigenvalue weighted by Gasteiger charge is -2.61. The van der Waals surface area contributed by atoms with E-state index in [1.165, 1.54) is 7.11 Å². The van der Waals surface area contributed by atoms with Crippen LogP contribution in [0.3, 0.4) is 0 Å². The fourth-order valence-corrected chi connectivity index (χ4v) is 2.82. The minimum absolute atomic E-state index is 0.0513. The summed E-state index contributed by atoms with van der Waals surface area (Å²) in [6, 6.07) is 6.55. The standard InChI is InChI=1S/C14H15NO3/c1-18-13(17)11-4-2-10(3-5-11)12(16)15-14-6-9(7-14)8-14/h2-5,9H,6-8H2,1H3,(H,15,16). The maximum atomic E-state index is 12.0. The highest BCUT2D eigenvalue weighted by molar-refractivity contribution is 5.96. The summed E-state index contributed by atoms with van der Waals surface area (Å²) in [5.74, 6) is 0.401. The van der Waals surface area contributed by atoms with Crippen molar-refractivity contribution in [2.24, 2.45) is 5.92 Å². The lowest BCUT2D eigenvalue weighted by Crippen LogP contribution is -2.68. The van der Waals surface area contributed by atoms with Gasteiger partial charge in [-0.25, -0.2) is 4.79 Å². The zero-order valence-electron chi connectivity index (χ0n) is 10.2. The summed E-state index contributed by atoms with van der Waals surface area (Å²) in [4.78, 5) is 23.3. The van der Waals surface area contributed by atoms with Crippen LogP contribution < -0.4 is 5.32 Å². The molecular formula is C14H15NO3. The van der Waals surface area contributed by atoms with Gasteiger partial charge in [-0.2, -0.15) is 0 Å². The highest BCUT2D eigenvalue weighted by Gasteiger charge is 2.57. The predicted molar refractivity (Wildman–Crippen MR) is 65.3 cm³/mol. The minimum atomic E-state index is -0.388. The highest BCUT2D eigenvalue weighted by atomic mass is 16.5. The molecule has 0 aromatic heterocycles. The van der Waals surface area contributed by atoms with Crippen molar-refractivity contribution in [1.29, 1.82) is 0 Å². The average Bonchev–Trinajstić information content (AvgIpc) is 2.31. The van der Waals surface area contributed by atoms with Crippen LogP contribution in [0.25, 0.3) is 0 Å². The molecular weight excluding hydrogens is 230 g/mol.